The molecule has 0 saturated heterocycles. The van der Waals surface area contributed by atoms with Crippen LogP contribution in [0.25, 0.3) is 0 Å². The van der Waals surface area contributed by atoms with E-state index in [1.807, 2.05) is 0 Å². The van der Waals surface area contributed by atoms with Gasteiger partial charge in [0.2, 0.25) is 0 Å². The number of hydrogen-bond acceptors (Lipinski definition) is 2. The fourth-order valence-electron chi connectivity index (χ4n) is 1.74. The van der Waals surface area contributed by atoms with Gasteiger partial charge in [0.05, 0.1) is 0 Å². The first-order valence-corrected chi connectivity index (χ1v) is 5.97. The van der Waals surface area contributed by atoms with Gasteiger partial charge in [-0.3, -0.25) is 0 Å². The monoisotopic (exact) mass is 220 g/mol. The minimum atomic E-state index is 1.05. The van der Waals surface area contributed by atoms with E-state index in [9.17, 15) is 0 Å². The van der Waals surface area contributed by atoms with Gasteiger partial charge < -0.3 is 9.80 Å². The number of hydrogen-bond donors (Lipinski definition) is 0. The number of benzene rings is 1. The average Bonchev–Trinajstić information content (AvgIpc) is 2.21. The van der Waals surface area contributed by atoms with Gasteiger partial charge in [-0.05, 0) is 53.1 Å². The van der Waals surface area contributed by atoms with Crippen LogP contribution in [0.3, 0.4) is 0 Å². The maximum atomic E-state index is 2.38. The fourth-order valence-corrected chi connectivity index (χ4v) is 1.74. The van der Waals surface area contributed by atoms with Gasteiger partial charge in [0.1, 0.15) is 0 Å². The molecular formula is C14H24N2. The van der Waals surface area contributed by atoms with Crippen molar-refractivity contribution in [3.05, 3.63) is 35.4 Å². The lowest BCUT2D eigenvalue weighted by molar-refractivity contribution is 0.294. The van der Waals surface area contributed by atoms with Crippen molar-refractivity contribution in [2.24, 2.45) is 0 Å². The second-order valence-corrected chi connectivity index (χ2v) is 4.88. The topological polar surface area (TPSA) is 6.48 Å². The molecule has 0 saturated carbocycles. The molecule has 90 valence electrons. The summed E-state index contributed by atoms with van der Waals surface area (Å²) in [5.41, 5.74) is 2.73. The summed E-state index contributed by atoms with van der Waals surface area (Å²) in [5.74, 6) is 0. The second kappa shape index (κ2) is 6.66. The van der Waals surface area contributed by atoms with Crippen molar-refractivity contribution in [1.82, 2.24) is 9.80 Å². The van der Waals surface area contributed by atoms with Gasteiger partial charge in [0.15, 0.2) is 0 Å². The molecule has 1 aromatic carbocycles. The molecule has 0 amide bonds. The summed E-state index contributed by atoms with van der Waals surface area (Å²) >= 11 is 0. The molecular weight excluding hydrogens is 196 g/mol. The van der Waals surface area contributed by atoms with Crippen molar-refractivity contribution in [2.45, 2.75) is 19.9 Å². The molecule has 0 bridgehead atoms. The summed E-state index contributed by atoms with van der Waals surface area (Å²) in [6.45, 7) is 5.50. The van der Waals surface area contributed by atoms with E-state index in [1.54, 1.807) is 0 Å². The summed E-state index contributed by atoms with van der Waals surface area (Å²) in [6.07, 6.45) is 1.23. The maximum absolute atomic E-state index is 2.38. The third-order valence-electron chi connectivity index (χ3n) is 2.72. The normalized spacial score (nSPS) is 11.4. The van der Waals surface area contributed by atoms with Gasteiger partial charge in [-0.1, -0.05) is 29.8 Å². The molecule has 0 atom stereocenters. The molecule has 0 aliphatic carbocycles. The summed E-state index contributed by atoms with van der Waals surface area (Å²) in [7, 11) is 6.44. The van der Waals surface area contributed by atoms with E-state index < -0.39 is 0 Å². The van der Waals surface area contributed by atoms with Gasteiger partial charge in [0, 0.05) is 6.54 Å². The van der Waals surface area contributed by atoms with Crippen LogP contribution < -0.4 is 0 Å². The fraction of sp³-hybridized carbons (Fsp3) is 0.571. The molecule has 1 aromatic rings. The van der Waals surface area contributed by atoms with Crippen molar-refractivity contribution in [1.29, 1.82) is 0 Å². The summed E-state index contributed by atoms with van der Waals surface area (Å²) in [4.78, 5) is 4.62. The van der Waals surface area contributed by atoms with E-state index in [2.05, 4.69) is 62.1 Å². The highest BCUT2D eigenvalue weighted by Gasteiger charge is 2.00. The molecule has 1 rings (SSSR count). The lowest BCUT2D eigenvalue weighted by atomic mass is 10.1. The van der Waals surface area contributed by atoms with Crippen LogP contribution in [0.1, 0.15) is 17.5 Å². The number of aryl methyl sites for hydroxylation is 1. The Kier molecular flexibility index (Phi) is 5.50. The van der Waals surface area contributed by atoms with E-state index in [1.165, 1.54) is 17.5 Å². The molecule has 0 spiro atoms. The molecule has 2 heteroatoms. The first-order valence-electron chi connectivity index (χ1n) is 5.97. The molecule has 2 nitrogen and oxygen atoms in total. The Morgan fingerprint density at radius 2 is 1.56 bits per heavy atom. The minimum Gasteiger partial charge on any atom is -0.309 e. The van der Waals surface area contributed by atoms with Crippen molar-refractivity contribution in [3.63, 3.8) is 0 Å². The van der Waals surface area contributed by atoms with E-state index in [0.717, 1.165) is 19.6 Å². The summed E-state index contributed by atoms with van der Waals surface area (Å²) in [5, 5.41) is 0. The zero-order valence-electron chi connectivity index (χ0n) is 11.0. The van der Waals surface area contributed by atoms with Crippen molar-refractivity contribution < 1.29 is 0 Å². The van der Waals surface area contributed by atoms with Gasteiger partial charge in [-0.25, -0.2) is 0 Å². The zero-order chi connectivity index (χ0) is 12.0. The molecule has 16 heavy (non-hydrogen) atoms. The van der Waals surface area contributed by atoms with Crippen molar-refractivity contribution in [2.75, 3.05) is 34.2 Å². The Morgan fingerprint density at radius 3 is 2.12 bits per heavy atom. The van der Waals surface area contributed by atoms with E-state index in [0.29, 0.717) is 0 Å². The summed E-state index contributed by atoms with van der Waals surface area (Å²) < 4.78 is 0. The molecule has 0 aromatic heterocycles. The Balaban J connectivity index is 2.28. The third-order valence-corrected chi connectivity index (χ3v) is 2.72. The summed E-state index contributed by atoms with van der Waals surface area (Å²) in [6, 6.07) is 8.81. The van der Waals surface area contributed by atoms with Gasteiger partial charge in [-0.15, -0.1) is 0 Å². The van der Waals surface area contributed by atoms with Gasteiger partial charge in [-0.2, -0.15) is 0 Å². The number of nitrogens with zero attached hydrogens (tertiary/aromatic N) is 2. The quantitative estimate of drug-likeness (QED) is 0.726. The maximum Gasteiger partial charge on any atom is 0.0230 e. The van der Waals surface area contributed by atoms with Crippen LogP contribution in [0.4, 0.5) is 0 Å². The Hall–Kier alpha value is -0.860. The Bertz CT molecular complexity index is 290. The Morgan fingerprint density at radius 1 is 0.938 bits per heavy atom. The van der Waals surface area contributed by atoms with E-state index in [4.69, 9.17) is 0 Å². The van der Waals surface area contributed by atoms with Crippen LogP contribution in [0.5, 0.6) is 0 Å². The second-order valence-electron chi connectivity index (χ2n) is 4.88. The molecule has 0 fully saturated rings. The van der Waals surface area contributed by atoms with Crippen LogP contribution in [0, 0.1) is 6.92 Å². The molecule has 0 unspecified atom stereocenters. The predicted octanol–water partition coefficient (Wildman–Crippen LogP) is 2.38. The largest absolute Gasteiger partial charge is 0.309 e. The van der Waals surface area contributed by atoms with Crippen molar-refractivity contribution >= 4 is 0 Å². The first-order chi connectivity index (χ1) is 7.58. The van der Waals surface area contributed by atoms with Crippen LogP contribution in [0.15, 0.2) is 24.3 Å². The van der Waals surface area contributed by atoms with Gasteiger partial charge in [0.25, 0.3) is 0 Å². The standard InChI is InChI=1S/C14H24N2/c1-13-6-8-14(9-7-13)12-16(4)11-5-10-15(2)3/h6-9H,5,10-12H2,1-4H3. The lowest BCUT2D eigenvalue weighted by Crippen LogP contribution is -2.23. The third kappa shape index (κ3) is 5.29. The highest BCUT2D eigenvalue weighted by atomic mass is 15.1. The average molecular weight is 220 g/mol. The van der Waals surface area contributed by atoms with Crippen LogP contribution in [-0.2, 0) is 6.54 Å². The first kappa shape index (κ1) is 13.2. The molecule has 0 aliphatic rings. The van der Waals surface area contributed by atoms with Crippen molar-refractivity contribution in [3.8, 4) is 0 Å². The minimum absolute atomic E-state index is 1.05. The molecule has 0 heterocycles. The van der Waals surface area contributed by atoms with Gasteiger partial charge >= 0.3 is 0 Å². The van der Waals surface area contributed by atoms with Crippen LogP contribution >= 0.6 is 0 Å². The van der Waals surface area contributed by atoms with Crippen LogP contribution in [-0.4, -0.2) is 44.0 Å². The molecule has 0 radical (unpaired) electrons. The highest BCUT2D eigenvalue weighted by Crippen LogP contribution is 2.06. The SMILES string of the molecule is Cc1ccc(CN(C)CCCN(C)C)cc1. The molecule has 0 aliphatic heterocycles. The van der Waals surface area contributed by atoms with Crippen LogP contribution in [0.2, 0.25) is 0 Å². The van der Waals surface area contributed by atoms with E-state index >= 15 is 0 Å². The zero-order valence-corrected chi connectivity index (χ0v) is 11.0. The predicted molar refractivity (Wildman–Crippen MR) is 70.7 cm³/mol. The Labute approximate surface area is 99.9 Å². The lowest BCUT2D eigenvalue weighted by Gasteiger charge is -2.18. The highest BCUT2D eigenvalue weighted by molar-refractivity contribution is 5.21. The smallest absolute Gasteiger partial charge is 0.0230 e. The molecule has 0 N–H and O–H groups in total. The number of rotatable bonds is 6. The van der Waals surface area contributed by atoms with E-state index in [-0.39, 0.29) is 0 Å².